The summed E-state index contributed by atoms with van der Waals surface area (Å²) in [6.07, 6.45) is 3.32. The number of methoxy groups -OCH3 is 1. The molecule has 2 atom stereocenters. The van der Waals surface area contributed by atoms with E-state index in [1.807, 2.05) is 54.3 Å². The minimum Gasteiger partial charge on any atom is -0.497 e. The van der Waals surface area contributed by atoms with Gasteiger partial charge in [0.2, 0.25) is 15.9 Å². The molecule has 0 unspecified atom stereocenters. The number of carbonyl (C=O) groups excluding carboxylic acids is 1. The maximum atomic E-state index is 13.5. The van der Waals surface area contributed by atoms with Crippen molar-refractivity contribution in [2.24, 2.45) is 11.3 Å². The molecular formula is C30H42ClN3O4S. The van der Waals surface area contributed by atoms with Gasteiger partial charge in [0.15, 0.2) is 0 Å². The Morgan fingerprint density at radius 1 is 0.949 bits per heavy atom. The highest BCUT2D eigenvalue weighted by Crippen LogP contribution is 2.43. The van der Waals surface area contributed by atoms with Crippen LogP contribution in [-0.4, -0.2) is 80.6 Å². The first-order chi connectivity index (χ1) is 18.3. The van der Waals surface area contributed by atoms with E-state index in [2.05, 4.69) is 17.0 Å². The molecular weight excluding hydrogens is 534 g/mol. The lowest BCUT2D eigenvalue weighted by atomic mass is 9.76. The fraction of sp³-hybridized carbons (Fsp3) is 0.567. The molecule has 3 fully saturated rings. The summed E-state index contributed by atoms with van der Waals surface area (Å²) in [5.74, 6) is 1.79. The Bertz CT molecular complexity index is 1200. The summed E-state index contributed by atoms with van der Waals surface area (Å²) in [6.45, 7) is 7.18. The summed E-state index contributed by atoms with van der Waals surface area (Å²) >= 11 is 0. The van der Waals surface area contributed by atoms with Crippen molar-refractivity contribution in [3.8, 4) is 5.75 Å². The smallest absolute Gasteiger partial charge is 0.229 e. The topological polar surface area (TPSA) is 70.2 Å². The van der Waals surface area contributed by atoms with E-state index in [1.54, 1.807) is 11.4 Å². The lowest BCUT2D eigenvalue weighted by molar-refractivity contribution is -0.139. The second kappa shape index (κ2) is 12.6. The van der Waals surface area contributed by atoms with Crippen molar-refractivity contribution in [1.82, 2.24) is 14.1 Å². The van der Waals surface area contributed by atoms with Crippen LogP contribution in [0.15, 0.2) is 54.6 Å². The molecule has 2 aromatic carbocycles. The van der Waals surface area contributed by atoms with E-state index in [-0.39, 0.29) is 35.4 Å². The molecule has 1 spiro atoms. The molecule has 0 N–H and O–H groups in total. The Labute approximate surface area is 240 Å². The van der Waals surface area contributed by atoms with Crippen LogP contribution in [0.4, 0.5) is 0 Å². The number of benzene rings is 2. The van der Waals surface area contributed by atoms with Crippen molar-refractivity contribution >= 4 is 28.3 Å². The van der Waals surface area contributed by atoms with Crippen LogP contribution in [0.3, 0.4) is 0 Å². The first-order valence-electron chi connectivity index (χ1n) is 14.0. The average Bonchev–Trinajstić information content (AvgIpc) is 3.49. The summed E-state index contributed by atoms with van der Waals surface area (Å²) < 4.78 is 32.8. The van der Waals surface area contributed by atoms with Crippen LogP contribution in [-0.2, 0) is 21.4 Å². The lowest BCUT2D eigenvalue weighted by Crippen LogP contribution is -2.46. The third-order valence-electron chi connectivity index (χ3n) is 8.93. The maximum Gasteiger partial charge on any atom is 0.229 e. The highest BCUT2D eigenvalue weighted by molar-refractivity contribution is 7.89. The molecule has 39 heavy (non-hydrogen) atoms. The molecule has 1 amide bonds. The van der Waals surface area contributed by atoms with E-state index >= 15 is 0 Å². The molecule has 0 bridgehead atoms. The second-order valence-corrected chi connectivity index (χ2v) is 13.4. The van der Waals surface area contributed by atoms with E-state index in [0.29, 0.717) is 32.0 Å². The number of nitrogens with zero attached hydrogens (tertiary/aromatic N) is 3. The summed E-state index contributed by atoms with van der Waals surface area (Å²) in [7, 11) is -1.57. The number of hydrogen-bond acceptors (Lipinski definition) is 5. The number of likely N-dealkylation sites (tertiary alicyclic amines) is 2. The van der Waals surface area contributed by atoms with Crippen LogP contribution in [0.25, 0.3) is 0 Å². The zero-order chi connectivity index (χ0) is 26.8. The van der Waals surface area contributed by atoms with Gasteiger partial charge in [-0.15, -0.1) is 12.4 Å². The molecule has 0 aromatic heterocycles. The number of piperidine rings is 1. The van der Waals surface area contributed by atoms with Crippen LogP contribution in [0, 0.1) is 11.3 Å². The normalized spacial score (nSPS) is 23.7. The zero-order valence-electron chi connectivity index (χ0n) is 23.1. The quantitative estimate of drug-likeness (QED) is 0.444. The predicted molar refractivity (Wildman–Crippen MR) is 157 cm³/mol. The fourth-order valence-corrected chi connectivity index (χ4v) is 8.24. The number of rotatable bonds is 9. The van der Waals surface area contributed by atoms with Crippen LogP contribution in [0.2, 0.25) is 0 Å². The molecule has 3 saturated heterocycles. The maximum absolute atomic E-state index is 13.5. The molecule has 9 heteroatoms. The standard InChI is InChI=1S/C30H41N3O4S.ClH/c1-3-19-38(35,36)33-22-26(28(23-33)25-7-5-4-6-8-25)21-31-16-13-30(14-17-31)15-18-32(29(30)34)20-24-9-11-27(37-2)12-10-24;/h4-12,26,28H,3,13-23H2,1-2H3;1H/t26-,28+;/m0./s1. The molecule has 0 aliphatic carbocycles. The SMILES string of the molecule is CCCS(=O)(=O)N1C[C@H](CN2CCC3(CC2)CCN(Cc2ccc(OC)cc2)C3=O)[C@@H](c2ccccc2)C1.Cl. The molecule has 3 aliphatic rings. The first-order valence-corrected chi connectivity index (χ1v) is 15.6. The highest BCUT2D eigenvalue weighted by Gasteiger charge is 2.48. The van der Waals surface area contributed by atoms with Crippen LogP contribution in [0.1, 0.15) is 49.7 Å². The largest absolute Gasteiger partial charge is 0.497 e. The molecule has 0 radical (unpaired) electrons. The monoisotopic (exact) mass is 575 g/mol. The van der Waals surface area contributed by atoms with Gasteiger partial charge in [-0.1, -0.05) is 49.4 Å². The van der Waals surface area contributed by atoms with E-state index < -0.39 is 10.0 Å². The predicted octanol–water partition coefficient (Wildman–Crippen LogP) is 4.39. The van der Waals surface area contributed by atoms with Crippen molar-refractivity contribution in [2.45, 2.75) is 45.1 Å². The van der Waals surface area contributed by atoms with Gasteiger partial charge in [0.25, 0.3) is 0 Å². The molecule has 7 nitrogen and oxygen atoms in total. The highest BCUT2D eigenvalue weighted by atomic mass is 35.5. The van der Waals surface area contributed by atoms with Crippen LogP contribution < -0.4 is 4.74 Å². The van der Waals surface area contributed by atoms with E-state index in [9.17, 15) is 13.2 Å². The number of sulfonamides is 1. The van der Waals surface area contributed by atoms with Gasteiger partial charge in [-0.25, -0.2) is 12.7 Å². The number of halogens is 1. The number of hydrogen-bond donors (Lipinski definition) is 0. The number of amides is 1. The fourth-order valence-electron chi connectivity index (χ4n) is 6.66. The molecule has 3 heterocycles. The van der Waals surface area contributed by atoms with E-state index in [4.69, 9.17) is 4.74 Å². The summed E-state index contributed by atoms with van der Waals surface area (Å²) in [5.41, 5.74) is 2.11. The van der Waals surface area contributed by atoms with Gasteiger partial charge in [-0.2, -0.15) is 0 Å². The first kappa shape index (κ1) is 29.8. The van der Waals surface area contributed by atoms with Crippen molar-refractivity contribution in [3.63, 3.8) is 0 Å². The van der Waals surface area contributed by atoms with Crippen molar-refractivity contribution < 1.29 is 17.9 Å². The minimum absolute atomic E-state index is 0. The summed E-state index contributed by atoms with van der Waals surface area (Å²) in [4.78, 5) is 18.0. The lowest BCUT2D eigenvalue weighted by Gasteiger charge is -2.39. The Morgan fingerprint density at radius 2 is 1.62 bits per heavy atom. The number of ether oxygens (including phenoxy) is 1. The van der Waals surface area contributed by atoms with Crippen LogP contribution >= 0.6 is 12.4 Å². The van der Waals surface area contributed by atoms with E-state index in [0.717, 1.165) is 56.8 Å². The Hall–Kier alpha value is -2.13. The Kier molecular flexibility index (Phi) is 9.63. The van der Waals surface area contributed by atoms with E-state index in [1.165, 1.54) is 5.56 Å². The summed E-state index contributed by atoms with van der Waals surface area (Å²) in [5, 5.41) is 0. The van der Waals surface area contributed by atoms with Gasteiger partial charge in [0.1, 0.15) is 5.75 Å². The minimum atomic E-state index is -3.23. The van der Waals surface area contributed by atoms with Gasteiger partial charge in [0, 0.05) is 38.6 Å². The van der Waals surface area contributed by atoms with Crippen LogP contribution in [0.5, 0.6) is 5.75 Å². The Balaban J connectivity index is 0.00000353. The third kappa shape index (κ3) is 6.45. The summed E-state index contributed by atoms with van der Waals surface area (Å²) in [6, 6.07) is 18.3. The Morgan fingerprint density at radius 3 is 2.26 bits per heavy atom. The molecule has 0 saturated carbocycles. The van der Waals surface area contributed by atoms with Crippen molar-refractivity contribution in [1.29, 1.82) is 0 Å². The van der Waals surface area contributed by atoms with Gasteiger partial charge in [0.05, 0.1) is 18.3 Å². The molecule has 2 aromatic rings. The van der Waals surface area contributed by atoms with Gasteiger partial charge in [-0.3, -0.25) is 4.79 Å². The van der Waals surface area contributed by atoms with Crippen molar-refractivity contribution in [2.75, 3.05) is 52.1 Å². The molecule has 5 rings (SSSR count). The zero-order valence-corrected chi connectivity index (χ0v) is 24.8. The molecule has 3 aliphatic heterocycles. The van der Waals surface area contributed by atoms with Gasteiger partial charge >= 0.3 is 0 Å². The second-order valence-electron chi connectivity index (χ2n) is 11.3. The van der Waals surface area contributed by atoms with Crippen molar-refractivity contribution in [3.05, 3.63) is 65.7 Å². The average molecular weight is 576 g/mol. The van der Waals surface area contributed by atoms with Gasteiger partial charge in [-0.05, 0) is 68.0 Å². The third-order valence-corrected chi connectivity index (χ3v) is 10.9. The molecule has 214 valence electrons. The number of carbonyl (C=O) groups is 1. The van der Waals surface area contributed by atoms with Gasteiger partial charge < -0.3 is 14.5 Å².